The maximum absolute atomic E-state index is 11.8. The van der Waals surface area contributed by atoms with Gasteiger partial charge in [-0.1, -0.05) is 0 Å². The maximum Gasteiger partial charge on any atom is 0.224 e. The summed E-state index contributed by atoms with van der Waals surface area (Å²) in [5.41, 5.74) is 1.12. The molecule has 0 bridgehead atoms. The van der Waals surface area contributed by atoms with Gasteiger partial charge in [0.15, 0.2) is 0 Å². The number of amides is 1. The molecule has 0 aromatic carbocycles. The normalized spacial score (nSPS) is 25.3. The molecular formula is C12H18N2OS. The molecule has 4 heteroatoms. The number of nitrogens with one attached hydrogen (secondary N) is 2. The highest BCUT2D eigenvalue weighted by Crippen LogP contribution is 2.10. The third-order valence-corrected chi connectivity index (χ3v) is 3.67. The van der Waals surface area contributed by atoms with Gasteiger partial charge in [-0.05, 0) is 48.7 Å². The molecule has 0 spiro atoms. The van der Waals surface area contributed by atoms with Crippen LogP contribution in [0.4, 0.5) is 0 Å². The molecule has 2 unspecified atom stereocenters. The largest absolute Gasteiger partial charge is 0.353 e. The Hall–Kier alpha value is -0.870. The van der Waals surface area contributed by atoms with Crippen LogP contribution in [-0.4, -0.2) is 24.5 Å². The summed E-state index contributed by atoms with van der Waals surface area (Å²) in [5.74, 6) is 0.150. The van der Waals surface area contributed by atoms with Crippen molar-refractivity contribution in [2.24, 2.45) is 0 Å². The highest BCUT2D eigenvalue weighted by Gasteiger charge is 2.19. The fourth-order valence-corrected chi connectivity index (χ4v) is 2.79. The molecule has 2 atom stereocenters. The van der Waals surface area contributed by atoms with E-state index in [-0.39, 0.29) is 5.91 Å². The number of rotatable bonds is 3. The molecule has 0 saturated carbocycles. The Bertz CT molecular complexity index is 337. The zero-order valence-corrected chi connectivity index (χ0v) is 10.3. The Morgan fingerprint density at radius 1 is 1.69 bits per heavy atom. The van der Waals surface area contributed by atoms with Crippen LogP contribution in [0.15, 0.2) is 16.8 Å². The van der Waals surface area contributed by atoms with Crippen molar-refractivity contribution in [2.75, 3.05) is 6.54 Å². The summed E-state index contributed by atoms with van der Waals surface area (Å²) >= 11 is 1.64. The first-order valence-corrected chi connectivity index (χ1v) is 6.72. The summed E-state index contributed by atoms with van der Waals surface area (Å²) in [6.45, 7) is 3.17. The van der Waals surface area contributed by atoms with E-state index in [9.17, 15) is 4.79 Å². The predicted octanol–water partition coefficient (Wildman–Crippen LogP) is 1.55. The van der Waals surface area contributed by atoms with Crippen LogP contribution in [0.1, 0.15) is 25.3 Å². The molecule has 1 fully saturated rings. The second-order valence-corrected chi connectivity index (χ2v) is 5.23. The number of hydrogen-bond donors (Lipinski definition) is 2. The Balaban J connectivity index is 1.78. The molecule has 1 aromatic heterocycles. The summed E-state index contributed by atoms with van der Waals surface area (Å²) in [4.78, 5) is 11.8. The van der Waals surface area contributed by atoms with Crippen molar-refractivity contribution in [3.63, 3.8) is 0 Å². The van der Waals surface area contributed by atoms with Crippen molar-refractivity contribution in [3.8, 4) is 0 Å². The van der Waals surface area contributed by atoms with E-state index in [1.54, 1.807) is 11.3 Å². The van der Waals surface area contributed by atoms with Gasteiger partial charge in [0.2, 0.25) is 5.91 Å². The predicted molar refractivity (Wildman–Crippen MR) is 66.7 cm³/mol. The van der Waals surface area contributed by atoms with E-state index in [4.69, 9.17) is 0 Å². The first-order chi connectivity index (χ1) is 7.74. The Morgan fingerprint density at radius 3 is 3.25 bits per heavy atom. The third kappa shape index (κ3) is 3.32. The molecular weight excluding hydrogens is 220 g/mol. The average molecular weight is 238 g/mol. The second-order valence-electron chi connectivity index (χ2n) is 4.45. The summed E-state index contributed by atoms with van der Waals surface area (Å²) in [5, 5.41) is 10.5. The third-order valence-electron chi connectivity index (χ3n) is 2.93. The summed E-state index contributed by atoms with van der Waals surface area (Å²) in [6.07, 6.45) is 2.59. The first kappa shape index (κ1) is 11.6. The van der Waals surface area contributed by atoms with Crippen LogP contribution in [0, 0.1) is 0 Å². The van der Waals surface area contributed by atoms with Gasteiger partial charge in [-0.2, -0.15) is 11.3 Å². The Kier molecular flexibility index (Phi) is 3.96. The lowest BCUT2D eigenvalue weighted by Gasteiger charge is -2.28. The van der Waals surface area contributed by atoms with Gasteiger partial charge in [0, 0.05) is 12.1 Å². The van der Waals surface area contributed by atoms with Crippen molar-refractivity contribution >= 4 is 17.2 Å². The van der Waals surface area contributed by atoms with Crippen LogP contribution in [0.25, 0.3) is 0 Å². The first-order valence-electron chi connectivity index (χ1n) is 5.78. The minimum Gasteiger partial charge on any atom is -0.353 e. The summed E-state index contributed by atoms with van der Waals surface area (Å²) in [6, 6.07) is 2.87. The zero-order chi connectivity index (χ0) is 11.4. The number of piperidine rings is 1. The molecule has 1 aromatic rings. The average Bonchev–Trinajstić information content (AvgIpc) is 2.70. The van der Waals surface area contributed by atoms with Crippen LogP contribution < -0.4 is 10.6 Å². The lowest BCUT2D eigenvalue weighted by molar-refractivity contribution is -0.121. The van der Waals surface area contributed by atoms with Gasteiger partial charge in [-0.3, -0.25) is 4.79 Å². The fraction of sp³-hybridized carbons (Fsp3) is 0.583. The Morgan fingerprint density at radius 2 is 2.56 bits per heavy atom. The van der Waals surface area contributed by atoms with Gasteiger partial charge >= 0.3 is 0 Å². The standard InChI is InChI=1S/C12H18N2OS/c1-9-6-11(2-4-13-9)14-12(15)7-10-3-5-16-8-10/h3,5,8-9,11,13H,2,4,6-7H2,1H3,(H,14,15). The monoisotopic (exact) mass is 238 g/mol. The molecule has 3 nitrogen and oxygen atoms in total. The quantitative estimate of drug-likeness (QED) is 0.839. The molecule has 0 radical (unpaired) electrons. The van der Waals surface area contributed by atoms with E-state index in [0.717, 1.165) is 24.9 Å². The highest BCUT2D eigenvalue weighted by molar-refractivity contribution is 7.07. The van der Waals surface area contributed by atoms with Crippen LogP contribution >= 0.6 is 11.3 Å². The molecule has 2 heterocycles. The topological polar surface area (TPSA) is 41.1 Å². The lowest BCUT2D eigenvalue weighted by Crippen LogP contribution is -2.46. The molecule has 1 aliphatic heterocycles. The van der Waals surface area contributed by atoms with Crippen molar-refractivity contribution in [3.05, 3.63) is 22.4 Å². The van der Waals surface area contributed by atoms with Gasteiger partial charge in [-0.15, -0.1) is 0 Å². The molecule has 2 N–H and O–H groups in total. The smallest absolute Gasteiger partial charge is 0.224 e. The van der Waals surface area contributed by atoms with E-state index in [0.29, 0.717) is 18.5 Å². The molecule has 1 saturated heterocycles. The molecule has 1 aliphatic rings. The molecule has 2 rings (SSSR count). The van der Waals surface area contributed by atoms with Crippen LogP contribution in [0.2, 0.25) is 0 Å². The van der Waals surface area contributed by atoms with E-state index >= 15 is 0 Å². The number of hydrogen-bond acceptors (Lipinski definition) is 3. The molecule has 1 amide bonds. The Labute approximate surface area is 100 Å². The van der Waals surface area contributed by atoms with Gasteiger partial charge in [0.25, 0.3) is 0 Å². The number of carbonyl (C=O) groups is 1. The van der Waals surface area contributed by atoms with Crippen molar-refractivity contribution in [1.29, 1.82) is 0 Å². The zero-order valence-electron chi connectivity index (χ0n) is 9.53. The van der Waals surface area contributed by atoms with Gasteiger partial charge in [-0.25, -0.2) is 0 Å². The number of thiophene rings is 1. The maximum atomic E-state index is 11.8. The van der Waals surface area contributed by atoms with Gasteiger partial charge < -0.3 is 10.6 Å². The second kappa shape index (κ2) is 5.46. The number of carbonyl (C=O) groups excluding carboxylic acids is 1. The van der Waals surface area contributed by atoms with Crippen molar-refractivity contribution in [2.45, 2.75) is 38.3 Å². The fourth-order valence-electron chi connectivity index (χ4n) is 2.12. The van der Waals surface area contributed by atoms with E-state index < -0.39 is 0 Å². The highest BCUT2D eigenvalue weighted by atomic mass is 32.1. The SMILES string of the molecule is CC1CC(NC(=O)Cc2ccsc2)CCN1. The van der Waals surface area contributed by atoms with E-state index in [1.165, 1.54) is 0 Å². The van der Waals surface area contributed by atoms with Gasteiger partial charge in [0.05, 0.1) is 6.42 Å². The molecule has 88 valence electrons. The van der Waals surface area contributed by atoms with E-state index in [2.05, 4.69) is 17.6 Å². The van der Waals surface area contributed by atoms with Crippen molar-refractivity contribution < 1.29 is 4.79 Å². The van der Waals surface area contributed by atoms with Gasteiger partial charge in [0.1, 0.15) is 0 Å². The summed E-state index contributed by atoms with van der Waals surface area (Å²) < 4.78 is 0. The molecule has 0 aliphatic carbocycles. The lowest BCUT2D eigenvalue weighted by atomic mass is 10.0. The van der Waals surface area contributed by atoms with Crippen LogP contribution in [0.5, 0.6) is 0 Å². The van der Waals surface area contributed by atoms with Crippen LogP contribution in [0.3, 0.4) is 0 Å². The van der Waals surface area contributed by atoms with Crippen LogP contribution in [-0.2, 0) is 11.2 Å². The minimum absolute atomic E-state index is 0.150. The van der Waals surface area contributed by atoms with E-state index in [1.807, 2.05) is 16.8 Å². The van der Waals surface area contributed by atoms with Crippen molar-refractivity contribution in [1.82, 2.24) is 10.6 Å². The minimum atomic E-state index is 0.150. The molecule has 16 heavy (non-hydrogen) atoms. The summed E-state index contributed by atoms with van der Waals surface area (Å²) in [7, 11) is 0.